The molecule has 0 unspecified atom stereocenters. The van der Waals surface area contributed by atoms with Crippen LogP contribution < -0.4 is 15.7 Å². The van der Waals surface area contributed by atoms with Crippen molar-refractivity contribution >= 4 is 37.5 Å². The predicted octanol–water partition coefficient (Wildman–Crippen LogP) is 3.19. The summed E-state index contributed by atoms with van der Waals surface area (Å²) in [6.07, 6.45) is 2.04. The van der Waals surface area contributed by atoms with Gasteiger partial charge in [0, 0.05) is 17.0 Å². The van der Waals surface area contributed by atoms with Gasteiger partial charge in [0.2, 0.25) is 10.0 Å². The fourth-order valence-electron chi connectivity index (χ4n) is 3.28. The number of hydrogen-bond donors (Lipinski definition) is 2. The number of aryl methyl sites for hydroxylation is 2. The molecule has 10 heteroatoms. The van der Waals surface area contributed by atoms with Crippen LogP contribution in [0.4, 0.5) is 0 Å². The highest BCUT2D eigenvalue weighted by Crippen LogP contribution is 2.21. The van der Waals surface area contributed by atoms with Crippen LogP contribution >= 0.6 is 11.3 Å². The second-order valence-electron chi connectivity index (χ2n) is 7.44. The van der Waals surface area contributed by atoms with Gasteiger partial charge in [-0.15, -0.1) is 11.3 Å². The molecule has 33 heavy (non-hydrogen) atoms. The van der Waals surface area contributed by atoms with Crippen LogP contribution in [0.15, 0.2) is 70.6 Å². The van der Waals surface area contributed by atoms with Crippen LogP contribution in [0.2, 0.25) is 0 Å². The van der Waals surface area contributed by atoms with Crippen molar-refractivity contribution in [1.82, 2.24) is 14.4 Å². The van der Waals surface area contributed by atoms with Crippen LogP contribution in [0.25, 0.3) is 10.2 Å². The summed E-state index contributed by atoms with van der Waals surface area (Å²) in [5, 5.41) is 0.428. The number of nitrogens with zero attached hydrogens (tertiary/aromatic N) is 2. The molecule has 1 amide bonds. The molecule has 0 aliphatic carbocycles. The number of thiophene rings is 1. The number of nitrogens with one attached hydrogen (secondary N) is 2. The third-order valence-corrected chi connectivity index (χ3v) is 7.85. The lowest BCUT2D eigenvalue weighted by atomic mass is 10.1. The summed E-state index contributed by atoms with van der Waals surface area (Å²) < 4.78 is 29.3. The highest BCUT2D eigenvalue weighted by atomic mass is 32.2. The number of carbonyl (C=O) groups is 1. The summed E-state index contributed by atoms with van der Waals surface area (Å²) in [6, 6.07) is 15.3. The van der Waals surface area contributed by atoms with Gasteiger partial charge < -0.3 is 0 Å². The minimum atomic E-state index is -3.86. The Morgan fingerprint density at radius 1 is 1.12 bits per heavy atom. The van der Waals surface area contributed by atoms with Crippen LogP contribution in [0.3, 0.4) is 0 Å². The molecule has 0 radical (unpaired) electrons. The summed E-state index contributed by atoms with van der Waals surface area (Å²) in [5.74, 6) is -0.622. The molecule has 0 saturated heterocycles. The summed E-state index contributed by atoms with van der Waals surface area (Å²) in [5.41, 5.74) is 3.52. The van der Waals surface area contributed by atoms with Gasteiger partial charge in [0.1, 0.15) is 11.2 Å². The lowest BCUT2D eigenvalue weighted by molar-refractivity contribution is 0.101. The molecule has 0 aliphatic heterocycles. The first kappa shape index (κ1) is 22.8. The number of amides is 1. The quantitative estimate of drug-likeness (QED) is 0.420. The fourth-order valence-corrected chi connectivity index (χ4v) is 5.50. The third-order valence-electron chi connectivity index (χ3n) is 5.12. The van der Waals surface area contributed by atoms with Crippen LogP contribution in [-0.4, -0.2) is 24.0 Å². The van der Waals surface area contributed by atoms with Crippen molar-refractivity contribution in [2.24, 2.45) is 0 Å². The average molecular weight is 483 g/mol. The molecule has 0 saturated carbocycles. The molecule has 4 rings (SSSR count). The standard InChI is InChI=1S/C23H22N4O4S2/c1-3-18-12-19-22(32-18)24-14-27(23(19)29)26-21(28)17-10-9-15(2)20(11-17)33(30,31)25-13-16-7-5-4-6-8-16/h4-12,14,25H,3,13H2,1-2H3,(H,26,28). The lowest BCUT2D eigenvalue weighted by Crippen LogP contribution is -2.33. The van der Waals surface area contributed by atoms with Crippen molar-refractivity contribution in [3.63, 3.8) is 0 Å². The number of benzene rings is 2. The van der Waals surface area contributed by atoms with Gasteiger partial charge in [-0.3, -0.25) is 15.0 Å². The molecule has 0 atom stereocenters. The van der Waals surface area contributed by atoms with E-state index in [9.17, 15) is 18.0 Å². The largest absolute Gasteiger partial charge is 0.280 e. The number of carbonyl (C=O) groups excluding carboxylic acids is 1. The van der Waals surface area contributed by atoms with Crippen LogP contribution in [-0.2, 0) is 23.0 Å². The number of fused-ring (bicyclic) bond motifs is 1. The van der Waals surface area contributed by atoms with Crippen molar-refractivity contribution in [3.05, 3.63) is 92.8 Å². The zero-order valence-electron chi connectivity index (χ0n) is 18.0. The number of rotatable bonds is 7. The Balaban J connectivity index is 1.58. The predicted molar refractivity (Wildman–Crippen MR) is 129 cm³/mol. The minimum Gasteiger partial charge on any atom is -0.267 e. The van der Waals surface area contributed by atoms with E-state index in [1.54, 1.807) is 19.1 Å². The molecular weight excluding hydrogens is 460 g/mol. The molecule has 0 aliphatic rings. The van der Waals surface area contributed by atoms with Gasteiger partial charge >= 0.3 is 0 Å². The normalized spacial score (nSPS) is 11.6. The summed E-state index contributed by atoms with van der Waals surface area (Å²) in [7, 11) is -3.86. The van der Waals surface area contributed by atoms with E-state index in [0.29, 0.717) is 15.8 Å². The maximum absolute atomic E-state index is 12.9. The Morgan fingerprint density at radius 3 is 2.61 bits per heavy atom. The van der Waals surface area contributed by atoms with Gasteiger partial charge in [0.05, 0.1) is 10.3 Å². The van der Waals surface area contributed by atoms with Crippen molar-refractivity contribution in [1.29, 1.82) is 0 Å². The fraction of sp³-hybridized carbons (Fsp3) is 0.174. The van der Waals surface area contributed by atoms with E-state index in [-0.39, 0.29) is 17.0 Å². The first-order valence-electron chi connectivity index (χ1n) is 10.2. The van der Waals surface area contributed by atoms with Gasteiger partial charge in [-0.1, -0.05) is 43.3 Å². The molecule has 170 valence electrons. The Hall–Kier alpha value is -3.34. The van der Waals surface area contributed by atoms with Crippen molar-refractivity contribution in [2.45, 2.75) is 31.7 Å². The number of hydrogen-bond acceptors (Lipinski definition) is 6. The zero-order chi connectivity index (χ0) is 23.6. The van der Waals surface area contributed by atoms with Crippen LogP contribution in [0.1, 0.15) is 33.3 Å². The monoisotopic (exact) mass is 482 g/mol. The highest BCUT2D eigenvalue weighted by Gasteiger charge is 2.20. The van der Waals surface area contributed by atoms with Gasteiger partial charge in [-0.05, 0) is 42.7 Å². The molecule has 0 bridgehead atoms. The van der Waals surface area contributed by atoms with E-state index < -0.39 is 21.5 Å². The van der Waals surface area contributed by atoms with Gasteiger partial charge in [0.15, 0.2) is 0 Å². The zero-order valence-corrected chi connectivity index (χ0v) is 19.7. The maximum atomic E-state index is 12.9. The van der Waals surface area contributed by atoms with Crippen molar-refractivity contribution in [3.8, 4) is 0 Å². The van der Waals surface area contributed by atoms with Crippen LogP contribution in [0.5, 0.6) is 0 Å². The third kappa shape index (κ3) is 4.87. The smallest absolute Gasteiger partial charge is 0.267 e. The van der Waals surface area contributed by atoms with Crippen LogP contribution in [0, 0.1) is 6.92 Å². The lowest BCUT2D eigenvalue weighted by Gasteiger charge is -2.12. The summed E-state index contributed by atoms with van der Waals surface area (Å²) in [6.45, 7) is 3.77. The second-order valence-corrected chi connectivity index (χ2v) is 10.3. The average Bonchev–Trinajstić information content (AvgIpc) is 3.25. The van der Waals surface area contributed by atoms with Gasteiger partial charge in [0.25, 0.3) is 11.5 Å². The van der Waals surface area contributed by atoms with Gasteiger partial charge in [-0.2, -0.15) is 0 Å². The van der Waals surface area contributed by atoms with E-state index in [1.807, 2.05) is 37.3 Å². The topological polar surface area (TPSA) is 110 Å². The first-order chi connectivity index (χ1) is 15.8. The summed E-state index contributed by atoms with van der Waals surface area (Å²) >= 11 is 1.43. The molecule has 4 aromatic rings. The van der Waals surface area contributed by atoms with E-state index in [0.717, 1.165) is 21.5 Å². The van der Waals surface area contributed by atoms with Gasteiger partial charge in [-0.25, -0.2) is 22.8 Å². The molecule has 8 nitrogen and oxygen atoms in total. The highest BCUT2D eigenvalue weighted by molar-refractivity contribution is 7.89. The Bertz CT molecular complexity index is 1490. The number of sulfonamides is 1. The Labute approximate surface area is 194 Å². The molecule has 2 heterocycles. The second kappa shape index (κ2) is 9.26. The summed E-state index contributed by atoms with van der Waals surface area (Å²) in [4.78, 5) is 31.4. The molecule has 2 aromatic heterocycles. The SMILES string of the molecule is CCc1cc2c(=O)n(NC(=O)c3ccc(C)c(S(=O)(=O)NCc4ccccc4)c3)cnc2s1. The van der Waals surface area contributed by atoms with Crippen molar-refractivity contribution in [2.75, 3.05) is 5.43 Å². The Kier molecular flexibility index (Phi) is 6.41. The molecule has 2 N–H and O–H groups in total. The van der Waals surface area contributed by atoms with E-state index in [2.05, 4.69) is 15.1 Å². The molecule has 0 fully saturated rings. The number of aromatic nitrogens is 2. The molecular formula is C23H22N4O4S2. The van der Waals surface area contributed by atoms with Crippen molar-refractivity contribution < 1.29 is 13.2 Å². The van der Waals surface area contributed by atoms with E-state index in [1.165, 1.54) is 29.8 Å². The first-order valence-corrected chi connectivity index (χ1v) is 12.5. The minimum absolute atomic E-state index is 0.00238. The Morgan fingerprint density at radius 2 is 1.88 bits per heavy atom. The molecule has 2 aromatic carbocycles. The van der Waals surface area contributed by atoms with E-state index >= 15 is 0 Å². The molecule has 0 spiro atoms. The van der Waals surface area contributed by atoms with E-state index in [4.69, 9.17) is 0 Å². The maximum Gasteiger partial charge on any atom is 0.280 e.